The fourth-order valence-corrected chi connectivity index (χ4v) is 4.92. The minimum atomic E-state index is -0.397. The summed E-state index contributed by atoms with van der Waals surface area (Å²) in [5.74, 6) is 0.272. The van der Waals surface area contributed by atoms with Gasteiger partial charge in [0.15, 0.2) is 0 Å². The zero-order valence-electron chi connectivity index (χ0n) is 19.1. The number of rotatable bonds is 5. The third-order valence-electron chi connectivity index (χ3n) is 6.48. The number of aryl methyl sites for hydroxylation is 1. The fraction of sp³-hybridized carbons (Fsp3) is 0.185. The van der Waals surface area contributed by atoms with Crippen molar-refractivity contribution in [2.45, 2.75) is 13.0 Å². The number of para-hydroxylation sites is 1. The minimum Gasteiger partial charge on any atom is -0.497 e. The summed E-state index contributed by atoms with van der Waals surface area (Å²) in [6.45, 7) is 1.76. The van der Waals surface area contributed by atoms with E-state index >= 15 is 0 Å². The highest BCUT2D eigenvalue weighted by Crippen LogP contribution is 2.44. The van der Waals surface area contributed by atoms with E-state index in [9.17, 15) is 9.59 Å². The molecule has 0 radical (unpaired) electrons. The van der Waals surface area contributed by atoms with Crippen molar-refractivity contribution >= 4 is 40.0 Å². The van der Waals surface area contributed by atoms with Gasteiger partial charge in [0, 0.05) is 34.2 Å². The number of fused-ring (bicyclic) bond motifs is 3. The number of hydrogen-bond acceptors (Lipinski definition) is 3. The van der Waals surface area contributed by atoms with E-state index in [1.807, 2.05) is 67.1 Å². The largest absolute Gasteiger partial charge is 0.497 e. The average molecular weight is 474 g/mol. The first-order chi connectivity index (χ1) is 16.4. The SMILES string of the molecule is COc1ccc([C@H]2c3c(n(C)c4ccccc34)C(=O)N2CC(=O)Nc2cccc(Cl)c2C)cc1. The molecule has 34 heavy (non-hydrogen) atoms. The predicted octanol–water partition coefficient (Wildman–Crippen LogP) is 5.33. The maximum Gasteiger partial charge on any atom is 0.272 e. The van der Waals surface area contributed by atoms with Crippen molar-refractivity contribution in [3.63, 3.8) is 0 Å². The Morgan fingerprint density at radius 1 is 1.06 bits per heavy atom. The summed E-state index contributed by atoms with van der Waals surface area (Å²) in [5.41, 5.74) is 4.84. The summed E-state index contributed by atoms with van der Waals surface area (Å²) < 4.78 is 7.24. The van der Waals surface area contributed by atoms with Crippen molar-refractivity contribution in [1.29, 1.82) is 0 Å². The second-order valence-electron chi connectivity index (χ2n) is 8.41. The summed E-state index contributed by atoms with van der Waals surface area (Å²) >= 11 is 6.21. The van der Waals surface area contributed by atoms with Gasteiger partial charge in [0.05, 0.1) is 13.2 Å². The molecule has 172 valence electrons. The molecule has 5 rings (SSSR count). The zero-order chi connectivity index (χ0) is 24.0. The van der Waals surface area contributed by atoms with Crippen LogP contribution in [-0.4, -0.2) is 34.9 Å². The lowest BCUT2D eigenvalue weighted by Gasteiger charge is -2.26. The molecule has 0 fully saturated rings. The minimum absolute atomic E-state index is 0.0928. The summed E-state index contributed by atoms with van der Waals surface area (Å²) in [6.07, 6.45) is 0. The van der Waals surface area contributed by atoms with Crippen molar-refractivity contribution in [1.82, 2.24) is 9.47 Å². The zero-order valence-corrected chi connectivity index (χ0v) is 19.9. The molecule has 2 heterocycles. The first-order valence-electron chi connectivity index (χ1n) is 11.0. The lowest BCUT2D eigenvalue weighted by atomic mass is 9.98. The standard InChI is InChI=1S/C27H24ClN3O3/c1-16-20(28)8-6-9-21(16)29-23(32)15-31-25(17-11-13-18(34-3)14-12-17)24-19-7-4-5-10-22(19)30(2)26(24)27(31)33/h4-14,25H,15H2,1-3H3,(H,29,32)/t25-/m0/s1. The van der Waals surface area contributed by atoms with E-state index in [0.29, 0.717) is 16.4 Å². The lowest BCUT2D eigenvalue weighted by Crippen LogP contribution is -2.37. The molecule has 0 spiro atoms. The molecule has 2 amide bonds. The van der Waals surface area contributed by atoms with Crippen LogP contribution in [0.5, 0.6) is 5.75 Å². The fourth-order valence-electron chi connectivity index (χ4n) is 4.75. The first-order valence-corrected chi connectivity index (χ1v) is 11.4. The molecule has 1 N–H and O–H groups in total. The van der Waals surface area contributed by atoms with Gasteiger partial charge < -0.3 is 19.5 Å². The van der Waals surface area contributed by atoms with E-state index in [1.54, 1.807) is 30.2 Å². The highest BCUT2D eigenvalue weighted by molar-refractivity contribution is 6.31. The second-order valence-corrected chi connectivity index (χ2v) is 8.81. The number of hydrogen-bond donors (Lipinski definition) is 1. The lowest BCUT2D eigenvalue weighted by molar-refractivity contribution is -0.117. The molecule has 7 heteroatoms. The molecule has 4 aromatic rings. The van der Waals surface area contributed by atoms with Crippen molar-refractivity contribution in [2.24, 2.45) is 7.05 Å². The Morgan fingerprint density at radius 3 is 2.53 bits per heavy atom. The monoisotopic (exact) mass is 473 g/mol. The number of halogens is 1. The van der Waals surface area contributed by atoms with Gasteiger partial charge in [-0.15, -0.1) is 0 Å². The van der Waals surface area contributed by atoms with Crippen LogP contribution in [0.4, 0.5) is 5.69 Å². The number of anilines is 1. The highest BCUT2D eigenvalue weighted by Gasteiger charge is 2.42. The van der Waals surface area contributed by atoms with Crippen LogP contribution < -0.4 is 10.1 Å². The molecule has 0 bridgehead atoms. The van der Waals surface area contributed by atoms with E-state index in [4.69, 9.17) is 16.3 Å². The van der Waals surface area contributed by atoms with Crippen molar-refractivity contribution in [2.75, 3.05) is 19.0 Å². The molecule has 1 aliphatic heterocycles. The van der Waals surface area contributed by atoms with Gasteiger partial charge in [-0.3, -0.25) is 9.59 Å². The van der Waals surface area contributed by atoms with Crippen LogP contribution in [0.1, 0.15) is 33.2 Å². The van der Waals surface area contributed by atoms with Crippen LogP contribution in [0.15, 0.2) is 66.7 Å². The summed E-state index contributed by atoms with van der Waals surface area (Å²) in [5, 5.41) is 4.49. The van der Waals surface area contributed by atoms with Gasteiger partial charge in [-0.05, 0) is 48.4 Å². The third-order valence-corrected chi connectivity index (χ3v) is 6.89. The molecule has 1 atom stereocenters. The van der Waals surface area contributed by atoms with Gasteiger partial charge in [0.2, 0.25) is 5.91 Å². The van der Waals surface area contributed by atoms with Gasteiger partial charge >= 0.3 is 0 Å². The van der Waals surface area contributed by atoms with E-state index < -0.39 is 6.04 Å². The van der Waals surface area contributed by atoms with Crippen LogP contribution in [0.3, 0.4) is 0 Å². The summed E-state index contributed by atoms with van der Waals surface area (Å²) in [6, 6.07) is 20.6. The predicted molar refractivity (Wildman–Crippen MR) is 134 cm³/mol. The molecule has 6 nitrogen and oxygen atoms in total. The van der Waals surface area contributed by atoms with Gasteiger partial charge in [-0.1, -0.05) is 48.0 Å². The number of methoxy groups -OCH3 is 1. The smallest absolute Gasteiger partial charge is 0.272 e. The number of benzene rings is 3. The topological polar surface area (TPSA) is 63.6 Å². The van der Waals surface area contributed by atoms with Gasteiger partial charge in [0.1, 0.15) is 18.0 Å². The molecule has 0 saturated carbocycles. The number of ether oxygens (including phenoxy) is 1. The number of amides is 2. The molecule has 0 unspecified atom stereocenters. The van der Waals surface area contributed by atoms with E-state index in [0.717, 1.165) is 33.3 Å². The Kier molecular flexibility index (Phi) is 5.54. The van der Waals surface area contributed by atoms with Crippen molar-refractivity contribution in [3.8, 4) is 5.75 Å². The molecule has 3 aromatic carbocycles. The molecule has 1 aromatic heterocycles. The Morgan fingerprint density at radius 2 is 1.79 bits per heavy atom. The Balaban J connectivity index is 1.56. The summed E-state index contributed by atoms with van der Waals surface area (Å²) in [7, 11) is 3.51. The van der Waals surface area contributed by atoms with Crippen LogP contribution in [0, 0.1) is 6.92 Å². The quantitative estimate of drug-likeness (QED) is 0.426. The van der Waals surface area contributed by atoms with Crippen molar-refractivity contribution in [3.05, 3.63) is 94.1 Å². The highest BCUT2D eigenvalue weighted by atomic mass is 35.5. The Bertz CT molecular complexity index is 1430. The number of aromatic nitrogens is 1. The number of carbonyl (C=O) groups is 2. The van der Waals surface area contributed by atoms with Gasteiger partial charge in [0.25, 0.3) is 5.91 Å². The van der Waals surface area contributed by atoms with Crippen LogP contribution in [-0.2, 0) is 11.8 Å². The molecular weight excluding hydrogens is 450 g/mol. The van der Waals surface area contributed by atoms with Gasteiger partial charge in [-0.25, -0.2) is 0 Å². The normalized spacial score (nSPS) is 15.0. The van der Waals surface area contributed by atoms with E-state index in [2.05, 4.69) is 5.32 Å². The van der Waals surface area contributed by atoms with Gasteiger partial charge in [-0.2, -0.15) is 0 Å². The first kappa shape index (κ1) is 22.0. The van der Waals surface area contributed by atoms with Crippen LogP contribution in [0.2, 0.25) is 5.02 Å². The molecule has 1 aliphatic rings. The van der Waals surface area contributed by atoms with E-state index in [-0.39, 0.29) is 18.4 Å². The molecular formula is C27H24ClN3O3. The second kappa shape index (κ2) is 8.54. The number of nitrogens with zero attached hydrogens (tertiary/aromatic N) is 2. The third kappa shape index (κ3) is 3.51. The maximum absolute atomic E-state index is 13.7. The van der Waals surface area contributed by atoms with Crippen molar-refractivity contribution < 1.29 is 14.3 Å². The summed E-state index contributed by atoms with van der Waals surface area (Å²) in [4.78, 5) is 28.4. The van der Waals surface area contributed by atoms with Crippen LogP contribution in [0.25, 0.3) is 10.9 Å². The average Bonchev–Trinajstić information content (AvgIpc) is 3.29. The Hall–Kier alpha value is -3.77. The number of carbonyl (C=O) groups excluding carboxylic acids is 2. The molecule has 0 saturated heterocycles. The maximum atomic E-state index is 13.7. The van der Waals surface area contributed by atoms with Crippen LogP contribution >= 0.6 is 11.6 Å². The number of nitrogens with one attached hydrogen (secondary N) is 1. The van der Waals surface area contributed by atoms with E-state index in [1.165, 1.54) is 0 Å². The molecule has 0 aliphatic carbocycles. The Labute approximate surface area is 202 Å².